The Balaban J connectivity index is 1.61. The number of nitrogens with one attached hydrogen (secondary N) is 1. The molecule has 1 heterocycles. The zero-order chi connectivity index (χ0) is 24.8. The highest BCUT2D eigenvalue weighted by atomic mass is 19.4. The highest BCUT2D eigenvalue weighted by molar-refractivity contribution is 5.87. The van der Waals surface area contributed by atoms with Gasteiger partial charge in [-0.05, 0) is 82.3 Å². The van der Waals surface area contributed by atoms with E-state index in [-0.39, 0.29) is 46.7 Å². The second-order valence-corrected chi connectivity index (χ2v) is 10.3. The van der Waals surface area contributed by atoms with Crippen LogP contribution in [0, 0.1) is 11.3 Å². The molecule has 0 radical (unpaired) electrons. The van der Waals surface area contributed by atoms with Crippen molar-refractivity contribution in [2.24, 2.45) is 11.3 Å². The molecule has 1 aromatic carbocycles. The molecule has 10 heteroatoms. The number of ketones is 1. The SMILES string of the molecule is CC(C)(C)NC(=O)CN1CCC2(CC1)C[C@H]2C(=O)Cc1cc(C(F)(F)F)cc(C(F)(F)F)c1. The van der Waals surface area contributed by atoms with E-state index < -0.39 is 29.9 Å². The Hall–Kier alpha value is -2.10. The van der Waals surface area contributed by atoms with E-state index in [9.17, 15) is 35.9 Å². The van der Waals surface area contributed by atoms with Gasteiger partial charge in [0.2, 0.25) is 5.91 Å². The summed E-state index contributed by atoms with van der Waals surface area (Å²) in [6, 6.07) is 1.31. The van der Waals surface area contributed by atoms with Crippen LogP contribution in [-0.2, 0) is 28.4 Å². The van der Waals surface area contributed by atoms with E-state index >= 15 is 0 Å². The largest absolute Gasteiger partial charge is 0.416 e. The van der Waals surface area contributed by atoms with Crippen molar-refractivity contribution in [3.8, 4) is 0 Å². The molecule has 2 aliphatic rings. The summed E-state index contributed by atoms with van der Waals surface area (Å²) in [6.45, 7) is 7.14. The van der Waals surface area contributed by atoms with Gasteiger partial charge < -0.3 is 5.32 Å². The molecule has 184 valence electrons. The molecule has 1 aliphatic carbocycles. The van der Waals surface area contributed by atoms with E-state index in [1.807, 2.05) is 25.7 Å². The molecule has 4 nitrogen and oxygen atoms in total. The van der Waals surface area contributed by atoms with E-state index in [0.717, 1.165) is 0 Å². The normalized spacial score (nSPS) is 21.2. The number of carbonyl (C=O) groups is 2. The summed E-state index contributed by atoms with van der Waals surface area (Å²) in [4.78, 5) is 26.8. The Labute approximate surface area is 188 Å². The number of Topliss-reactive ketones (excluding diaryl/α,β-unsaturated/α-hetero) is 1. The van der Waals surface area contributed by atoms with Crippen LogP contribution in [0.15, 0.2) is 18.2 Å². The fourth-order valence-corrected chi connectivity index (χ4v) is 4.62. The number of nitrogens with zero attached hydrogens (tertiary/aromatic N) is 1. The van der Waals surface area contributed by atoms with Gasteiger partial charge >= 0.3 is 12.4 Å². The van der Waals surface area contributed by atoms with Crippen molar-refractivity contribution < 1.29 is 35.9 Å². The molecule has 0 bridgehead atoms. The van der Waals surface area contributed by atoms with E-state index in [1.165, 1.54) is 0 Å². The molecule has 2 fully saturated rings. The van der Waals surface area contributed by atoms with Crippen LogP contribution in [0.25, 0.3) is 0 Å². The van der Waals surface area contributed by atoms with Crippen LogP contribution in [0.1, 0.15) is 56.7 Å². The van der Waals surface area contributed by atoms with Crippen LogP contribution >= 0.6 is 0 Å². The number of hydrogen-bond acceptors (Lipinski definition) is 3. The summed E-state index contributed by atoms with van der Waals surface area (Å²) in [5.41, 5.74) is -3.69. The number of carbonyl (C=O) groups excluding carboxylic acids is 2. The average molecular weight is 478 g/mol. The molecule has 1 N–H and O–H groups in total. The highest BCUT2D eigenvalue weighted by Gasteiger charge is 2.57. The van der Waals surface area contributed by atoms with Crippen molar-refractivity contribution in [1.29, 1.82) is 0 Å². The molecule has 0 unspecified atom stereocenters. The Morgan fingerprint density at radius 2 is 1.48 bits per heavy atom. The van der Waals surface area contributed by atoms with Gasteiger partial charge in [-0.25, -0.2) is 0 Å². The monoisotopic (exact) mass is 478 g/mol. The zero-order valence-corrected chi connectivity index (χ0v) is 18.8. The summed E-state index contributed by atoms with van der Waals surface area (Å²) >= 11 is 0. The molecule has 1 aromatic rings. The van der Waals surface area contributed by atoms with Crippen molar-refractivity contribution in [2.75, 3.05) is 19.6 Å². The minimum absolute atomic E-state index is 0.0676. The number of piperidine rings is 1. The first-order valence-electron chi connectivity index (χ1n) is 10.8. The summed E-state index contributed by atoms with van der Waals surface area (Å²) in [6.07, 6.45) is -8.42. The molecule has 33 heavy (non-hydrogen) atoms. The van der Waals surface area contributed by atoms with Gasteiger partial charge in [-0.3, -0.25) is 14.5 Å². The first-order valence-corrected chi connectivity index (χ1v) is 10.8. The summed E-state index contributed by atoms with van der Waals surface area (Å²) in [5.74, 6) is -0.791. The smallest absolute Gasteiger partial charge is 0.350 e. The summed E-state index contributed by atoms with van der Waals surface area (Å²) in [5, 5.41) is 2.89. The Morgan fingerprint density at radius 3 is 1.94 bits per heavy atom. The minimum atomic E-state index is -4.94. The first-order chi connectivity index (χ1) is 15.0. The predicted molar refractivity (Wildman–Crippen MR) is 109 cm³/mol. The third kappa shape index (κ3) is 6.49. The van der Waals surface area contributed by atoms with Gasteiger partial charge in [0.1, 0.15) is 5.78 Å². The van der Waals surface area contributed by atoms with Crippen molar-refractivity contribution in [3.63, 3.8) is 0 Å². The van der Waals surface area contributed by atoms with Gasteiger partial charge in [-0.1, -0.05) is 0 Å². The standard InChI is InChI=1S/C23H28F6N2O2/c1-20(2,3)30-19(33)13-31-6-4-21(5-7-31)12-17(21)18(32)10-14-8-15(22(24,25)26)11-16(9-14)23(27,28)29/h8-9,11,17H,4-7,10,12-13H2,1-3H3,(H,30,33)/t17-/m0/s1. The summed E-state index contributed by atoms with van der Waals surface area (Å²) < 4.78 is 78.4. The van der Waals surface area contributed by atoms with Crippen LogP contribution in [0.5, 0.6) is 0 Å². The number of hydrogen-bond donors (Lipinski definition) is 1. The number of rotatable bonds is 5. The van der Waals surface area contributed by atoms with Gasteiger partial charge in [0.25, 0.3) is 0 Å². The van der Waals surface area contributed by atoms with Gasteiger partial charge in [-0.2, -0.15) is 26.3 Å². The van der Waals surface area contributed by atoms with Crippen molar-refractivity contribution >= 4 is 11.7 Å². The molecular formula is C23H28F6N2O2. The van der Waals surface area contributed by atoms with Gasteiger partial charge in [-0.15, -0.1) is 0 Å². The van der Waals surface area contributed by atoms with Crippen LogP contribution < -0.4 is 5.32 Å². The lowest BCUT2D eigenvalue weighted by molar-refractivity contribution is -0.143. The topological polar surface area (TPSA) is 49.4 Å². The van der Waals surface area contributed by atoms with Gasteiger partial charge in [0.05, 0.1) is 17.7 Å². The van der Waals surface area contributed by atoms with Crippen molar-refractivity contribution in [2.45, 2.75) is 64.3 Å². The average Bonchev–Trinajstić information content (AvgIpc) is 3.34. The van der Waals surface area contributed by atoms with Crippen LogP contribution in [0.3, 0.4) is 0 Å². The molecule has 3 rings (SSSR count). The number of halogens is 6. The maximum atomic E-state index is 13.1. The fourth-order valence-electron chi connectivity index (χ4n) is 4.62. The first kappa shape index (κ1) is 25.5. The van der Waals surface area contributed by atoms with E-state index in [0.29, 0.717) is 44.5 Å². The third-order valence-electron chi connectivity index (χ3n) is 6.34. The zero-order valence-electron chi connectivity index (χ0n) is 18.8. The van der Waals surface area contributed by atoms with Crippen LogP contribution in [0.2, 0.25) is 0 Å². The second-order valence-electron chi connectivity index (χ2n) is 10.3. The van der Waals surface area contributed by atoms with Gasteiger partial charge in [0.15, 0.2) is 0 Å². The second kappa shape index (κ2) is 8.60. The Bertz CT molecular complexity index is 877. The third-order valence-corrected chi connectivity index (χ3v) is 6.34. The van der Waals surface area contributed by atoms with E-state index in [4.69, 9.17) is 0 Å². The van der Waals surface area contributed by atoms with Crippen molar-refractivity contribution in [3.05, 3.63) is 34.9 Å². The fraction of sp³-hybridized carbons (Fsp3) is 0.652. The molecule has 1 aliphatic heterocycles. The van der Waals surface area contributed by atoms with E-state index in [1.54, 1.807) is 0 Å². The van der Waals surface area contributed by atoms with E-state index in [2.05, 4.69) is 5.32 Å². The maximum Gasteiger partial charge on any atom is 0.416 e. The highest BCUT2D eigenvalue weighted by Crippen LogP contribution is 2.60. The van der Waals surface area contributed by atoms with Crippen LogP contribution in [0.4, 0.5) is 26.3 Å². The lowest BCUT2D eigenvalue weighted by Crippen LogP contribution is -2.47. The molecule has 1 saturated heterocycles. The summed E-state index contributed by atoms with van der Waals surface area (Å²) in [7, 11) is 0. The molecule has 1 amide bonds. The number of likely N-dealkylation sites (tertiary alicyclic amines) is 1. The lowest BCUT2D eigenvalue weighted by Gasteiger charge is -2.33. The molecular weight excluding hydrogens is 450 g/mol. The molecule has 1 spiro atoms. The quantitative estimate of drug-likeness (QED) is 0.616. The number of alkyl halides is 6. The molecule has 1 saturated carbocycles. The van der Waals surface area contributed by atoms with Crippen LogP contribution in [-0.4, -0.2) is 41.8 Å². The Kier molecular flexibility index (Phi) is 6.65. The number of amides is 1. The lowest BCUT2D eigenvalue weighted by atomic mass is 9.88. The Morgan fingerprint density at radius 1 is 0.970 bits per heavy atom. The maximum absolute atomic E-state index is 13.1. The van der Waals surface area contributed by atoms with Gasteiger partial charge in [0, 0.05) is 17.9 Å². The van der Waals surface area contributed by atoms with Crippen molar-refractivity contribution in [1.82, 2.24) is 10.2 Å². The molecule has 1 atom stereocenters. The molecule has 0 aromatic heterocycles. The minimum Gasteiger partial charge on any atom is -0.350 e. The predicted octanol–water partition coefficient (Wildman–Crippen LogP) is 4.85. The number of benzene rings is 1.